The van der Waals surface area contributed by atoms with Crippen LogP contribution in [0.4, 0.5) is 11.4 Å². The minimum absolute atomic E-state index is 0.0763. The van der Waals surface area contributed by atoms with Crippen molar-refractivity contribution in [1.82, 2.24) is 4.31 Å². The fraction of sp³-hybridized carbons (Fsp3) is 0.538. The highest BCUT2D eigenvalue weighted by molar-refractivity contribution is 7.89. The van der Waals surface area contributed by atoms with Crippen molar-refractivity contribution in [1.29, 1.82) is 0 Å². The van der Waals surface area contributed by atoms with E-state index in [2.05, 4.69) is 5.32 Å². The molecule has 1 aromatic rings. The molecule has 120 valence electrons. The lowest BCUT2D eigenvalue weighted by atomic mass is 10.2. The number of hydrogen-bond donors (Lipinski definition) is 2. The lowest BCUT2D eigenvalue weighted by Gasteiger charge is -2.15. The molecular formula is C13H23N3O3S2. The van der Waals surface area contributed by atoms with Gasteiger partial charge in [0.25, 0.3) is 0 Å². The maximum Gasteiger partial charge on any atom is 0.242 e. The summed E-state index contributed by atoms with van der Waals surface area (Å²) in [4.78, 5) is 0.191. The molecule has 0 saturated heterocycles. The number of nitrogens with two attached hydrogens (primary N) is 1. The molecule has 0 radical (unpaired) electrons. The fourth-order valence-electron chi connectivity index (χ4n) is 1.64. The van der Waals surface area contributed by atoms with Crippen molar-refractivity contribution < 1.29 is 12.6 Å². The van der Waals surface area contributed by atoms with Crippen molar-refractivity contribution in [3.8, 4) is 0 Å². The van der Waals surface area contributed by atoms with Crippen LogP contribution in [0, 0.1) is 0 Å². The van der Waals surface area contributed by atoms with Crippen LogP contribution in [0.1, 0.15) is 13.3 Å². The molecule has 0 fully saturated rings. The molecule has 0 aliphatic heterocycles. The predicted molar refractivity (Wildman–Crippen MR) is 88.4 cm³/mol. The topological polar surface area (TPSA) is 92.5 Å². The third-order valence-electron chi connectivity index (χ3n) is 3.24. The van der Waals surface area contributed by atoms with Gasteiger partial charge in [0.1, 0.15) is 0 Å². The van der Waals surface area contributed by atoms with E-state index in [1.165, 1.54) is 26.2 Å². The second-order valence-electron chi connectivity index (χ2n) is 5.06. The quantitative estimate of drug-likeness (QED) is 0.729. The highest BCUT2D eigenvalue weighted by Crippen LogP contribution is 2.24. The minimum Gasteiger partial charge on any atom is -0.397 e. The molecule has 21 heavy (non-hydrogen) atoms. The molecule has 0 aliphatic carbocycles. The molecule has 0 bridgehead atoms. The number of benzene rings is 1. The van der Waals surface area contributed by atoms with E-state index in [-0.39, 0.29) is 10.1 Å². The van der Waals surface area contributed by atoms with E-state index in [1.807, 2.05) is 6.92 Å². The van der Waals surface area contributed by atoms with Crippen LogP contribution in [0.5, 0.6) is 0 Å². The first-order valence-electron chi connectivity index (χ1n) is 6.54. The first-order chi connectivity index (χ1) is 9.66. The van der Waals surface area contributed by atoms with Crippen LogP contribution < -0.4 is 11.1 Å². The monoisotopic (exact) mass is 333 g/mol. The Hall–Kier alpha value is -1.12. The molecule has 0 saturated carbocycles. The molecule has 0 heterocycles. The van der Waals surface area contributed by atoms with Gasteiger partial charge in [-0.3, -0.25) is 4.21 Å². The van der Waals surface area contributed by atoms with Gasteiger partial charge in [-0.05, 0) is 24.6 Å². The first-order valence-corrected chi connectivity index (χ1v) is 9.60. The van der Waals surface area contributed by atoms with E-state index in [0.717, 1.165) is 4.31 Å². The van der Waals surface area contributed by atoms with Gasteiger partial charge >= 0.3 is 0 Å². The molecule has 1 rings (SSSR count). The SMILES string of the molecule is CC(CCNc1cc(S(=O)(=O)N(C)C)ccc1N)S(C)=O. The van der Waals surface area contributed by atoms with Crippen LogP contribution in [0.2, 0.25) is 0 Å². The fourth-order valence-corrected chi connectivity index (χ4v) is 3.01. The van der Waals surface area contributed by atoms with Gasteiger partial charge in [-0.25, -0.2) is 12.7 Å². The Balaban J connectivity index is 2.87. The van der Waals surface area contributed by atoms with Gasteiger partial charge in [-0.1, -0.05) is 6.92 Å². The van der Waals surface area contributed by atoms with Gasteiger partial charge in [-0.15, -0.1) is 0 Å². The molecule has 8 heteroatoms. The summed E-state index contributed by atoms with van der Waals surface area (Å²) in [6, 6.07) is 4.58. The summed E-state index contributed by atoms with van der Waals surface area (Å²) in [6.45, 7) is 2.49. The second kappa shape index (κ2) is 7.24. The Labute approximate surface area is 129 Å². The highest BCUT2D eigenvalue weighted by Gasteiger charge is 2.18. The molecular weight excluding hydrogens is 310 g/mol. The molecule has 2 atom stereocenters. The lowest BCUT2D eigenvalue weighted by molar-refractivity contribution is 0.521. The van der Waals surface area contributed by atoms with Crippen molar-refractivity contribution >= 4 is 32.2 Å². The van der Waals surface area contributed by atoms with Crippen LogP contribution in [-0.2, 0) is 20.8 Å². The Morgan fingerprint density at radius 3 is 2.52 bits per heavy atom. The zero-order valence-electron chi connectivity index (χ0n) is 12.8. The van der Waals surface area contributed by atoms with Gasteiger partial charge < -0.3 is 11.1 Å². The maximum atomic E-state index is 12.1. The molecule has 6 nitrogen and oxygen atoms in total. The number of anilines is 2. The molecule has 0 aromatic heterocycles. The van der Waals surface area contributed by atoms with Gasteiger partial charge in [-0.2, -0.15) is 0 Å². The normalized spacial score (nSPS) is 14.9. The Kier molecular flexibility index (Phi) is 6.18. The summed E-state index contributed by atoms with van der Waals surface area (Å²) in [6.07, 6.45) is 2.39. The van der Waals surface area contributed by atoms with E-state index >= 15 is 0 Å². The smallest absolute Gasteiger partial charge is 0.242 e. The molecule has 0 aliphatic rings. The zero-order valence-corrected chi connectivity index (χ0v) is 14.4. The van der Waals surface area contributed by atoms with E-state index in [9.17, 15) is 12.6 Å². The average molecular weight is 333 g/mol. The van der Waals surface area contributed by atoms with Crippen molar-refractivity contribution in [3.63, 3.8) is 0 Å². The number of nitrogen functional groups attached to an aromatic ring is 1. The summed E-state index contributed by atoms with van der Waals surface area (Å²) in [5.74, 6) is 0. The minimum atomic E-state index is -3.48. The summed E-state index contributed by atoms with van der Waals surface area (Å²) < 4.78 is 36.6. The Morgan fingerprint density at radius 2 is 2.00 bits per heavy atom. The lowest BCUT2D eigenvalue weighted by Crippen LogP contribution is -2.22. The molecule has 0 amide bonds. The number of rotatable bonds is 7. The van der Waals surface area contributed by atoms with Crippen LogP contribution >= 0.6 is 0 Å². The summed E-state index contributed by atoms with van der Waals surface area (Å²) in [5, 5.41) is 3.18. The van der Waals surface area contributed by atoms with Crippen molar-refractivity contribution in [3.05, 3.63) is 18.2 Å². The van der Waals surface area contributed by atoms with Crippen LogP contribution in [0.3, 0.4) is 0 Å². The number of nitrogens with zero attached hydrogens (tertiary/aromatic N) is 1. The van der Waals surface area contributed by atoms with Gasteiger partial charge in [0.05, 0.1) is 16.3 Å². The van der Waals surface area contributed by atoms with Crippen LogP contribution in [-0.4, -0.2) is 49.1 Å². The zero-order chi connectivity index (χ0) is 16.2. The molecule has 2 unspecified atom stereocenters. The van der Waals surface area contributed by atoms with E-state index in [1.54, 1.807) is 12.3 Å². The van der Waals surface area contributed by atoms with Crippen molar-refractivity contribution in [2.45, 2.75) is 23.5 Å². The first kappa shape index (κ1) is 17.9. The largest absolute Gasteiger partial charge is 0.397 e. The summed E-state index contributed by atoms with van der Waals surface area (Å²) in [7, 11) is -1.39. The number of hydrogen-bond acceptors (Lipinski definition) is 5. The standard InChI is InChI=1S/C13H23N3O3S2/c1-10(20(4)17)7-8-15-13-9-11(5-6-12(13)14)21(18,19)16(2)3/h5-6,9-10,15H,7-8,14H2,1-4H3. The van der Waals surface area contributed by atoms with E-state index in [0.29, 0.717) is 24.3 Å². The summed E-state index contributed by atoms with van der Waals surface area (Å²) in [5.41, 5.74) is 6.91. The van der Waals surface area contributed by atoms with Crippen LogP contribution in [0.25, 0.3) is 0 Å². The molecule has 0 spiro atoms. The molecule has 1 aromatic carbocycles. The summed E-state index contributed by atoms with van der Waals surface area (Å²) >= 11 is 0. The molecule has 3 N–H and O–H groups in total. The average Bonchev–Trinajstić information content (AvgIpc) is 2.40. The maximum absolute atomic E-state index is 12.1. The van der Waals surface area contributed by atoms with Crippen molar-refractivity contribution in [2.24, 2.45) is 0 Å². The Morgan fingerprint density at radius 1 is 1.38 bits per heavy atom. The Bertz CT molecular complexity index is 615. The van der Waals surface area contributed by atoms with Gasteiger partial charge in [0.2, 0.25) is 10.0 Å². The highest BCUT2D eigenvalue weighted by atomic mass is 32.2. The number of nitrogens with one attached hydrogen (secondary N) is 1. The predicted octanol–water partition coefficient (Wildman–Crippen LogP) is 1.09. The van der Waals surface area contributed by atoms with E-state index in [4.69, 9.17) is 5.73 Å². The van der Waals surface area contributed by atoms with E-state index < -0.39 is 20.8 Å². The third kappa shape index (κ3) is 4.69. The van der Waals surface area contributed by atoms with Crippen LogP contribution in [0.15, 0.2) is 23.1 Å². The van der Waals surface area contributed by atoms with Crippen molar-refractivity contribution in [2.75, 3.05) is 37.9 Å². The van der Waals surface area contributed by atoms with Gasteiger partial charge in [0, 0.05) is 42.9 Å². The van der Waals surface area contributed by atoms with Gasteiger partial charge in [0.15, 0.2) is 0 Å². The third-order valence-corrected chi connectivity index (χ3v) is 6.42. The second-order valence-corrected chi connectivity index (χ2v) is 9.01. The number of sulfonamides is 1.